The summed E-state index contributed by atoms with van der Waals surface area (Å²) in [6.45, 7) is 9.73. The topological polar surface area (TPSA) is 87.3 Å². The summed E-state index contributed by atoms with van der Waals surface area (Å²) >= 11 is 0. The van der Waals surface area contributed by atoms with Crippen LogP contribution in [-0.2, 0) is 26.4 Å². The Balaban J connectivity index is 1.59. The maximum Gasteiger partial charge on any atom is 0.261 e. The maximum atomic E-state index is 13.7. The lowest BCUT2D eigenvalue weighted by atomic mass is 9.83. The molecule has 1 atom stereocenters. The van der Waals surface area contributed by atoms with Crippen LogP contribution >= 0.6 is 0 Å². The second-order valence-electron chi connectivity index (χ2n) is 11.1. The summed E-state index contributed by atoms with van der Waals surface area (Å²) in [5.74, 6) is 0.0196. The number of hydrogen-bond acceptors (Lipinski definition) is 4. The lowest BCUT2D eigenvalue weighted by Crippen LogP contribution is -2.52. The van der Waals surface area contributed by atoms with Gasteiger partial charge >= 0.3 is 0 Å². The molecule has 2 heterocycles. The van der Waals surface area contributed by atoms with Crippen molar-refractivity contribution in [2.45, 2.75) is 82.4 Å². The van der Waals surface area contributed by atoms with Crippen molar-refractivity contribution in [3.05, 3.63) is 47.2 Å². The Bertz CT molecular complexity index is 1090. The molecule has 1 aliphatic heterocycles. The van der Waals surface area contributed by atoms with Crippen molar-refractivity contribution in [2.75, 3.05) is 11.9 Å². The number of halogens is 2. The summed E-state index contributed by atoms with van der Waals surface area (Å²) in [6.07, 6.45) is -1.03. The first kappa shape index (κ1) is 25.5. The van der Waals surface area contributed by atoms with E-state index in [1.807, 2.05) is 13.8 Å². The number of aromatic amines is 1. The molecule has 1 aliphatic carbocycles. The number of anilines is 1. The minimum Gasteiger partial charge on any atom is -0.358 e. The number of nitrogens with zero attached hydrogens (tertiary/aromatic N) is 2. The van der Waals surface area contributed by atoms with E-state index in [-0.39, 0.29) is 17.5 Å². The Hall–Kier alpha value is -2.59. The van der Waals surface area contributed by atoms with E-state index < -0.39 is 38.7 Å². The van der Waals surface area contributed by atoms with Gasteiger partial charge < -0.3 is 15.0 Å². The van der Waals surface area contributed by atoms with Gasteiger partial charge in [-0.2, -0.15) is 5.10 Å². The first-order valence-electron chi connectivity index (χ1n) is 12.0. The molecular formula is C25H34F2N4O3Si. The van der Waals surface area contributed by atoms with Crippen LogP contribution < -0.4 is 5.32 Å². The van der Waals surface area contributed by atoms with Crippen LogP contribution in [0.2, 0.25) is 24.7 Å². The lowest BCUT2D eigenvalue weighted by Gasteiger charge is -2.48. The highest BCUT2D eigenvalue weighted by atomic mass is 28.3. The highest BCUT2D eigenvalue weighted by Crippen LogP contribution is 2.56. The van der Waals surface area contributed by atoms with E-state index in [1.54, 1.807) is 35.2 Å². The van der Waals surface area contributed by atoms with Gasteiger partial charge in [0.15, 0.2) is 11.9 Å². The van der Waals surface area contributed by atoms with Gasteiger partial charge in [-0.1, -0.05) is 56.4 Å². The SMILES string of the molecule is CC1(C)c2[nH]nc(NC(=O)C3([Si](C)(C)C)CCC3)c2CN1C(=O)C(OCC(F)F)c1ccccc1. The van der Waals surface area contributed by atoms with E-state index in [9.17, 15) is 18.4 Å². The number of H-pyrrole nitrogens is 1. The van der Waals surface area contributed by atoms with Crippen molar-refractivity contribution < 1.29 is 23.1 Å². The van der Waals surface area contributed by atoms with Crippen molar-refractivity contribution in [1.82, 2.24) is 15.1 Å². The number of nitrogens with one attached hydrogen (secondary N) is 2. The van der Waals surface area contributed by atoms with Gasteiger partial charge in [0.2, 0.25) is 5.91 Å². The fourth-order valence-corrected chi connectivity index (χ4v) is 7.89. The smallest absolute Gasteiger partial charge is 0.261 e. The molecule has 2 aromatic rings. The molecule has 1 unspecified atom stereocenters. The fourth-order valence-electron chi connectivity index (χ4n) is 5.30. The van der Waals surface area contributed by atoms with Crippen molar-refractivity contribution in [1.29, 1.82) is 0 Å². The van der Waals surface area contributed by atoms with Gasteiger partial charge in [0, 0.05) is 10.6 Å². The van der Waals surface area contributed by atoms with Crippen LogP contribution in [0.4, 0.5) is 14.6 Å². The Labute approximate surface area is 205 Å². The van der Waals surface area contributed by atoms with Crippen molar-refractivity contribution in [3.63, 3.8) is 0 Å². The summed E-state index contributed by atoms with van der Waals surface area (Å²) < 4.78 is 31.3. The summed E-state index contributed by atoms with van der Waals surface area (Å²) in [4.78, 5) is 28.6. The fraction of sp³-hybridized carbons (Fsp3) is 0.560. The number of hydrogen-bond donors (Lipinski definition) is 2. The number of fused-ring (bicyclic) bond motifs is 1. The highest BCUT2D eigenvalue weighted by Gasteiger charge is 2.54. The van der Waals surface area contributed by atoms with Crippen LogP contribution in [0.25, 0.3) is 0 Å². The molecule has 7 nitrogen and oxygen atoms in total. The average Bonchev–Trinajstić information content (AvgIpc) is 3.24. The monoisotopic (exact) mass is 504 g/mol. The predicted octanol–water partition coefficient (Wildman–Crippen LogP) is 5.21. The predicted molar refractivity (Wildman–Crippen MR) is 132 cm³/mol. The Kier molecular flexibility index (Phi) is 6.65. The molecule has 35 heavy (non-hydrogen) atoms. The summed E-state index contributed by atoms with van der Waals surface area (Å²) in [7, 11) is -1.77. The van der Waals surface area contributed by atoms with Crippen molar-refractivity contribution >= 4 is 25.7 Å². The normalized spacial score (nSPS) is 19.3. The summed E-state index contributed by atoms with van der Waals surface area (Å²) in [5, 5.41) is 10.1. The first-order valence-corrected chi connectivity index (χ1v) is 15.5. The average molecular weight is 505 g/mol. The number of amides is 2. The van der Waals surface area contributed by atoms with Crippen molar-refractivity contribution in [2.24, 2.45) is 0 Å². The van der Waals surface area contributed by atoms with E-state index >= 15 is 0 Å². The molecule has 2 aliphatic rings. The number of carbonyl (C=O) groups is 2. The van der Waals surface area contributed by atoms with E-state index in [1.165, 1.54) is 0 Å². The molecule has 10 heteroatoms. The third kappa shape index (κ3) is 4.42. The van der Waals surface area contributed by atoms with E-state index in [0.717, 1.165) is 30.5 Å². The van der Waals surface area contributed by atoms with Crippen LogP contribution in [0, 0.1) is 0 Å². The third-order valence-electron chi connectivity index (χ3n) is 7.76. The van der Waals surface area contributed by atoms with Gasteiger partial charge in [-0.3, -0.25) is 14.7 Å². The van der Waals surface area contributed by atoms with Crippen LogP contribution in [0.15, 0.2) is 30.3 Å². The second kappa shape index (κ2) is 9.13. The second-order valence-corrected chi connectivity index (χ2v) is 16.5. The molecule has 2 N–H and O–H groups in total. The molecule has 1 aromatic carbocycles. The standard InChI is InChI=1S/C25H34F2N4O3Si/c1-24(2)20-17(21(30-29-20)28-23(33)25(12-9-13-25)35(3,4)5)14-31(24)22(32)19(34-15-18(26)27)16-10-7-6-8-11-16/h6-8,10-11,18-19H,9,12-15H2,1-5H3,(H2,28,29,30,33). The third-order valence-corrected chi connectivity index (χ3v) is 11.4. The molecule has 0 radical (unpaired) electrons. The van der Waals surface area contributed by atoms with Crippen molar-refractivity contribution in [3.8, 4) is 0 Å². The minimum absolute atomic E-state index is 0.00206. The molecule has 0 saturated heterocycles. The Morgan fingerprint density at radius 1 is 1.20 bits per heavy atom. The van der Waals surface area contributed by atoms with E-state index in [4.69, 9.17) is 4.74 Å². The zero-order valence-electron chi connectivity index (χ0n) is 21.0. The molecule has 4 rings (SSSR count). The number of benzene rings is 1. The zero-order valence-corrected chi connectivity index (χ0v) is 22.0. The number of ether oxygens (including phenoxy) is 1. The van der Waals surface area contributed by atoms with E-state index in [0.29, 0.717) is 11.4 Å². The Morgan fingerprint density at radius 2 is 1.86 bits per heavy atom. The molecule has 190 valence electrons. The molecule has 0 bridgehead atoms. The van der Waals surface area contributed by atoms with E-state index in [2.05, 4.69) is 35.2 Å². The first-order chi connectivity index (χ1) is 16.4. The van der Waals surface area contributed by atoms with Gasteiger partial charge in [0.1, 0.15) is 6.61 Å². The number of carbonyl (C=O) groups excluding carboxylic acids is 2. The maximum absolute atomic E-state index is 13.7. The quantitative estimate of drug-likeness (QED) is 0.483. The number of aromatic nitrogens is 2. The highest BCUT2D eigenvalue weighted by molar-refractivity contribution is 6.83. The summed E-state index contributed by atoms with van der Waals surface area (Å²) in [5.41, 5.74) is 1.18. The number of alkyl halides is 2. The van der Waals surface area contributed by atoms with Gasteiger partial charge in [0.05, 0.1) is 25.9 Å². The molecule has 1 aromatic heterocycles. The van der Waals surface area contributed by atoms with Crippen LogP contribution in [0.3, 0.4) is 0 Å². The van der Waals surface area contributed by atoms with Gasteiger partial charge in [-0.25, -0.2) is 8.78 Å². The minimum atomic E-state index is -2.69. The summed E-state index contributed by atoms with van der Waals surface area (Å²) in [6, 6.07) is 8.66. The Morgan fingerprint density at radius 3 is 2.40 bits per heavy atom. The van der Waals surface area contributed by atoms with Crippen LogP contribution in [-0.4, -0.2) is 48.0 Å². The van der Waals surface area contributed by atoms with Gasteiger partial charge in [0.25, 0.3) is 12.3 Å². The molecule has 0 spiro atoms. The number of rotatable bonds is 8. The largest absolute Gasteiger partial charge is 0.358 e. The zero-order chi connectivity index (χ0) is 25.6. The van der Waals surface area contributed by atoms with Crippen LogP contribution in [0.1, 0.15) is 56.0 Å². The molecular weight excluding hydrogens is 470 g/mol. The van der Waals surface area contributed by atoms with Gasteiger partial charge in [-0.05, 0) is 32.3 Å². The molecule has 1 fully saturated rings. The lowest BCUT2D eigenvalue weighted by molar-refractivity contribution is -0.152. The molecule has 2 amide bonds. The van der Waals surface area contributed by atoms with Gasteiger partial charge in [-0.15, -0.1) is 0 Å². The molecule has 1 saturated carbocycles. The van der Waals surface area contributed by atoms with Crippen LogP contribution in [0.5, 0.6) is 0 Å².